The molecular formula is C43H70O10VW-2. The summed E-state index contributed by atoms with van der Waals surface area (Å²) in [6.07, 6.45) is 2.86. The van der Waals surface area contributed by atoms with E-state index in [1.807, 2.05) is 20.8 Å². The normalized spacial score (nSPS) is 53.6. The summed E-state index contributed by atoms with van der Waals surface area (Å²) in [6.45, 7) is 19.8. The van der Waals surface area contributed by atoms with E-state index in [-0.39, 0.29) is 72.8 Å². The predicted octanol–water partition coefficient (Wildman–Crippen LogP) is 5.15. The molecular weight excluding hydrogens is 911 g/mol. The van der Waals surface area contributed by atoms with Crippen LogP contribution in [0, 0.1) is 69.0 Å². The van der Waals surface area contributed by atoms with Gasteiger partial charge in [0.05, 0.1) is 18.8 Å². The molecule has 0 aromatic rings. The van der Waals surface area contributed by atoms with Gasteiger partial charge in [-0.2, -0.15) is 19.3 Å². The number of Topliss-reactive ketones (excluding diaryl/α,β-unsaturated/α-hetero) is 1. The Hall–Kier alpha value is 0.583. The van der Waals surface area contributed by atoms with E-state index < -0.39 is 67.8 Å². The number of rotatable bonds is 6. The van der Waals surface area contributed by atoms with Crippen LogP contribution in [0.25, 0.3) is 0 Å². The van der Waals surface area contributed by atoms with Crippen LogP contribution in [0.15, 0.2) is 0 Å². The molecule has 2 saturated heterocycles. The van der Waals surface area contributed by atoms with Gasteiger partial charge in [0, 0.05) is 45.5 Å². The molecule has 10 nitrogen and oxygen atoms in total. The average Bonchev–Trinajstić information content (AvgIpc) is 3.10. The molecule has 12 heteroatoms. The number of carbonyl (C=O) groups excluding carboxylic acids is 1. The molecule has 0 aromatic heterocycles. The molecule has 19 atom stereocenters. The summed E-state index contributed by atoms with van der Waals surface area (Å²) in [6, 6.07) is 0. The van der Waals surface area contributed by atoms with E-state index in [1.54, 1.807) is 0 Å². The molecule has 0 aromatic carbocycles. The van der Waals surface area contributed by atoms with E-state index in [2.05, 4.69) is 48.0 Å². The quantitative estimate of drug-likeness (QED) is 0.179. The maximum atomic E-state index is 13.5. The number of aliphatic hydroxyl groups is 5. The molecule has 2 heterocycles. The van der Waals surface area contributed by atoms with Gasteiger partial charge in [0.1, 0.15) is 36.3 Å². The smallest absolute Gasteiger partial charge is 0.187 e. The van der Waals surface area contributed by atoms with E-state index in [0.717, 1.165) is 51.4 Å². The minimum atomic E-state index is -1.58. The molecule has 0 amide bonds. The summed E-state index contributed by atoms with van der Waals surface area (Å²) in [4.78, 5) is 13.5. The second-order valence-corrected chi connectivity index (χ2v) is 20.4. The first-order chi connectivity index (χ1) is 24.7. The Morgan fingerprint density at radius 1 is 0.818 bits per heavy atom. The van der Waals surface area contributed by atoms with Gasteiger partial charge < -0.3 is 55.7 Å². The zero-order valence-corrected chi connectivity index (χ0v) is 39.0. The molecule has 7 fully saturated rings. The second kappa shape index (κ2) is 16.5. The first-order valence-electron chi connectivity index (χ1n) is 20.9. The second-order valence-electron chi connectivity index (χ2n) is 20.4. The Bertz CT molecular complexity index is 1370. The SMILES string of the molecule is CC(=O)[C@@]12[CH-]CC3(C)C(CCC4C5(C)CC[C@H](O[C@@H]6OC(C)[C@H](O)[C@H](C)C6O[C@@H]6OC(CO)[C@H](O)[C@H](O)C6O)[C-](C)[C@@H]5CCC43C)C1CC(C)(C)CC2.[V].[W]. The van der Waals surface area contributed by atoms with Gasteiger partial charge in [0.15, 0.2) is 12.6 Å². The number of carbonyl (C=O) groups is 1. The van der Waals surface area contributed by atoms with E-state index in [1.165, 1.54) is 18.8 Å². The standard InChI is InChI=1S/C43H70O10.V.W/c1-22-26-12-15-42(9)31(11-10-27-28-20-39(5,6)16-18-43(28,25(4)45)19-17-41(27,42)8)40(26,7)14-13-29(22)51-38-36(23(2)32(46)24(3)50-38)53-37-35(49)34(48)33(47)30(21-44)52-37;;/h19,23-24,26-38,44,46-49H,10-18,20-21H2,1-9H3;;/q-2;;/t23-,24?,26-,27?,28?,29-,30?,31?,32+,33-,34-,35?,36?,37-,38-,40?,41?,42?,43+;;/m0../s1. The van der Waals surface area contributed by atoms with Crippen LogP contribution in [0.4, 0.5) is 0 Å². The minimum Gasteiger partial charge on any atom is -0.394 e. The van der Waals surface area contributed by atoms with Gasteiger partial charge in [-0.05, 0) is 75.0 Å². The average molecular weight is 982 g/mol. The predicted molar refractivity (Wildman–Crippen MR) is 198 cm³/mol. The number of ketones is 1. The topological polar surface area (TPSA) is 155 Å². The maximum Gasteiger partial charge on any atom is 0.187 e. The van der Waals surface area contributed by atoms with E-state index in [4.69, 9.17) is 18.9 Å². The van der Waals surface area contributed by atoms with Gasteiger partial charge in [-0.15, -0.1) is 0 Å². The van der Waals surface area contributed by atoms with Crippen LogP contribution < -0.4 is 0 Å². The third-order valence-electron chi connectivity index (χ3n) is 17.5. The Morgan fingerprint density at radius 2 is 1.51 bits per heavy atom. The summed E-state index contributed by atoms with van der Waals surface area (Å²) in [7, 11) is 0. The Kier molecular flexibility index (Phi) is 14.0. The van der Waals surface area contributed by atoms with Crippen LogP contribution in [0.2, 0.25) is 0 Å². The van der Waals surface area contributed by atoms with Crippen LogP contribution in [0.1, 0.15) is 127 Å². The summed E-state index contributed by atoms with van der Waals surface area (Å²) in [5, 5.41) is 52.3. The maximum absolute atomic E-state index is 13.5. The van der Waals surface area contributed by atoms with Crippen LogP contribution in [-0.4, -0.2) is 99.3 Å². The fraction of sp³-hybridized carbons (Fsp3) is 0.930. The molecule has 5 saturated carbocycles. The largest absolute Gasteiger partial charge is 0.394 e. The third-order valence-corrected chi connectivity index (χ3v) is 17.5. The molecule has 1 radical (unpaired) electrons. The third kappa shape index (κ3) is 7.32. The van der Waals surface area contributed by atoms with E-state index in [0.29, 0.717) is 29.5 Å². The molecule has 55 heavy (non-hydrogen) atoms. The fourth-order valence-corrected chi connectivity index (χ4v) is 13.9. The van der Waals surface area contributed by atoms with Crippen LogP contribution in [-0.2, 0) is 63.4 Å². The molecule has 5 N–H and O–H groups in total. The Labute approximate surface area is 356 Å². The molecule has 0 spiro atoms. The van der Waals surface area contributed by atoms with Crippen molar-refractivity contribution in [2.24, 2.45) is 56.7 Å². The van der Waals surface area contributed by atoms with Gasteiger partial charge in [-0.1, -0.05) is 89.1 Å². The zero-order chi connectivity index (χ0) is 38.6. The molecule has 5 aliphatic carbocycles. The van der Waals surface area contributed by atoms with Crippen molar-refractivity contribution in [1.82, 2.24) is 0 Å². The van der Waals surface area contributed by atoms with Crippen molar-refractivity contribution in [2.45, 2.75) is 188 Å². The molecule has 0 bridgehead atoms. The number of aliphatic hydroxyl groups excluding tert-OH is 5. The molecule has 315 valence electrons. The van der Waals surface area contributed by atoms with Gasteiger partial charge in [-0.3, -0.25) is 5.92 Å². The Balaban J connectivity index is 0.00000290. The van der Waals surface area contributed by atoms with Crippen molar-refractivity contribution < 1.29 is 88.9 Å². The van der Waals surface area contributed by atoms with Gasteiger partial charge in [0.25, 0.3) is 0 Å². The number of fused-ring (bicyclic) bond motifs is 7. The summed E-state index contributed by atoms with van der Waals surface area (Å²) in [5.74, 6) is 3.16. The molecule has 7 aliphatic rings. The van der Waals surface area contributed by atoms with Crippen molar-refractivity contribution in [3.63, 3.8) is 0 Å². The molecule has 10 unspecified atom stereocenters. The van der Waals surface area contributed by atoms with E-state index in [9.17, 15) is 30.3 Å². The number of hydrogen-bond acceptors (Lipinski definition) is 10. The van der Waals surface area contributed by atoms with E-state index >= 15 is 0 Å². The van der Waals surface area contributed by atoms with Crippen molar-refractivity contribution in [3.05, 3.63) is 12.3 Å². The Morgan fingerprint density at radius 3 is 2.16 bits per heavy atom. The summed E-state index contributed by atoms with van der Waals surface area (Å²) >= 11 is 0. The van der Waals surface area contributed by atoms with Gasteiger partial charge >= 0.3 is 0 Å². The minimum absolute atomic E-state index is 0. The van der Waals surface area contributed by atoms with Crippen molar-refractivity contribution in [1.29, 1.82) is 0 Å². The number of ether oxygens (including phenoxy) is 4. The van der Waals surface area contributed by atoms with Crippen molar-refractivity contribution in [3.8, 4) is 0 Å². The van der Waals surface area contributed by atoms with Gasteiger partial charge in [-0.25, -0.2) is 0 Å². The van der Waals surface area contributed by atoms with Crippen LogP contribution >= 0.6 is 0 Å². The fourth-order valence-electron chi connectivity index (χ4n) is 13.9. The summed E-state index contributed by atoms with van der Waals surface area (Å²) < 4.78 is 25.1. The first-order valence-corrected chi connectivity index (χ1v) is 20.9. The van der Waals surface area contributed by atoms with Crippen molar-refractivity contribution >= 4 is 5.78 Å². The van der Waals surface area contributed by atoms with Gasteiger partial charge in [0.2, 0.25) is 0 Å². The van der Waals surface area contributed by atoms with Crippen LogP contribution in [0.5, 0.6) is 0 Å². The number of hydrogen-bond donors (Lipinski definition) is 5. The monoisotopic (exact) mass is 981 g/mol. The zero-order valence-electron chi connectivity index (χ0n) is 34.6. The van der Waals surface area contributed by atoms with Crippen LogP contribution in [0.3, 0.4) is 0 Å². The van der Waals surface area contributed by atoms with Crippen molar-refractivity contribution in [2.75, 3.05) is 6.61 Å². The first kappa shape index (κ1) is 46.6. The molecule has 2 aliphatic heterocycles. The molecule has 7 rings (SSSR count). The summed E-state index contributed by atoms with van der Waals surface area (Å²) in [5.41, 5.74) is 0.410.